The number of ether oxygens (including phenoxy) is 1. The first kappa shape index (κ1) is 13.9. The van der Waals surface area contributed by atoms with E-state index in [4.69, 9.17) is 9.84 Å². The van der Waals surface area contributed by atoms with Crippen LogP contribution >= 0.6 is 0 Å². The Hall–Kier alpha value is -0.170. The van der Waals surface area contributed by atoms with Crippen LogP contribution in [0.5, 0.6) is 0 Å². The van der Waals surface area contributed by atoms with Crippen molar-refractivity contribution in [3.05, 3.63) is 0 Å². The molecule has 1 fully saturated rings. The van der Waals surface area contributed by atoms with Crippen LogP contribution in [0, 0.1) is 0 Å². The number of aliphatic hydroxyl groups is 1. The van der Waals surface area contributed by atoms with Crippen LogP contribution in [0.15, 0.2) is 0 Å². The van der Waals surface area contributed by atoms with Crippen molar-refractivity contribution in [1.29, 1.82) is 0 Å². The van der Waals surface area contributed by atoms with E-state index in [-0.39, 0.29) is 18.4 Å². The van der Waals surface area contributed by atoms with E-state index in [9.17, 15) is 8.42 Å². The fraction of sp³-hybridized carbons (Fsp3) is 1.00. The highest BCUT2D eigenvalue weighted by atomic mass is 32.2. The molecule has 1 saturated carbocycles. The largest absolute Gasteiger partial charge is 0.395 e. The second-order valence-corrected chi connectivity index (χ2v) is 6.28. The summed E-state index contributed by atoms with van der Waals surface area (Å²) in [6.07, 6.45) is 3.47. The summed E-state index contributed by atoms with van der Waals surface area (Å²) in [5.74, 6) is 0. The van der Waals surface area contributed by atoms with Gasteiger partial charge in [0.25, 0.3) is 0 Å². The zero-order valence-electron chi connectivity index (χ0n) is 9.76. The van der Waals surface area contributed by atoms with Gasteiger partial charge in [-0.25, -0.2) is 8.42 Å². The molecule has 0 aliphatic heterocycles. The molecule has 0 spiro atoms. The lowest BCUT2D eigenvalue weighted by atomic mass is 10.4. The lowest BCUT2D eigenvalue weighted by Crippen LogP contribution is -2.41. The Morgan fingerprint density at radius 1 is 1.31 bits per heavy atom. The quantitative estimate of drug-likeness (QED) is 0.702. The lowest BCUT2D eigenvalue weighted by Gasteiger charge is -2.24. The minimum Gasteiger partial charge on any atom is -0.395 e. The van der Waals surface area contributed by atoms with Gasteiger partial charge in [0.15, 0.2) is 0 Å². The molecule has 96 valence electrons. The Labute approximate surface area is 97.4 Å². The number of hydrogen-bond acceptors (Lipinski definition) is 4. The van der Waals surface area contributed by atoms with E-state index in [1.807, 2.05) is 0 Å². The minimum absolute atomic E-state index is 0.143. The highest BCUT2D eigenvalue weighted by Gasteiger charge is 2.33. The van der Waals surface area contributed by atoms with E-state index in [1.54, 1.807) is 7.11 Å². The molecule has 1 aliphatic rings. The third-order valence-electron chi connectivity index (χ3n) is 2.98. The normalized spacial score (nSPS) is 18.4. The number of aliphatic hydroxyl groups excluding tert-OH is 1. The van der Waals surface area contributed by atoms with E-state index in [0.717, 1.165) is 25.7 Å². The van der Waals surface area contributed by atoms with E-state index in [0.29, 0.717) is 13.2 Å². The third kappa shape index (κ3) is 3.41. The van der Waals surface area contributed by atoms with E-state index >= 15 is 0 Å². The maximum absolute atomic E-state index is 12.2. The number of hydrogen-bond donors (Lipinski definition) is 1. The molecule has 0 bridgehead atoms. The number of sulfonamides is 1. The van der Waals surface area contributed by atoms with Gasteiger partial charge in [-0.15, -0.1) is 0 Å². The number of rotatable bonds is 7. The van der Waals surface area contributed by atoms with Crippen LogP contribution in [-0.2, 0) is 14.8 Å². The maximum atomic E-state index is 12.2. The van der Waals surface area contributed by atoms with Crippen LogP contribution in [0.1, 0.15) is 25.7 Å². The van der Waals surface area contributed by atoms with Gasteiger partial charge in [-0.2, -0.15) is 4.31 Å². The average molecular weight is 251 g/mol. The van der Waals surface area contributed by atoms with Crippen molar-refractivity contribution < 1.29 is 18.3 Å². The summed E-state index contributed by atoms with van der Waals surface area (Å²) in [5, 5.41) is 8.64. The molecule has 5 nitrogen and oxygen atoms in total. The second kappa shape index (κ2) is 6.54. The molecule has 0 aromatic carbocycles. The molecule has 1 aliphatic carbocycles. The van der Waals surface area contributed by atoms with Crippen molar-refractivity contribution in [3.63, 3.8) is 0 Å². The van der Waals surface area contributed by atoms with Crippen LogP contribution in [0.4, 0.5) is 0 Å². The zero-order chi connectivity index (χ0) is 12.0. The molecular weight excluding hydrogens is 230 g/mol. The van der Waals surface area contributed by atoms with Crippen LogP contribution in [-0.4, -0.2) is 56.5 Å². The summed E-state index contributed by atoms with van der Waals surface area (Å²) >= 11 is 0. The average Bonchev–Trinajstić information content (AvgIpc) is 2.77. The Kier molecular flexibility index (Phi) is 5.68. The third-order valence-corrected chi connectivity index (χ3v) is 5.38. The topological polar surface area (TPSA) is 66.8 Å². The SMILES string of the molecule is COCCN(CCO)S(=O)(=O)C1CCCC1. The summed E-state index contributed by atoms with van der Waals surface area (Å²) < 4.78 is 30.6. The minimum atomic E-state index is -3.24. The molecule has 16 heavy (non-hydrogen) atoms. The second-order valence-electron chi connectivity index (χ2n) is 4.07. The van der Waals surface area contributed by atoms with Crippen molar-refractivity contribution in [2.75, 3.05) is 33.4 Å². The lowest BCUT2D eigenvalue weighted by molar-refractivity contribution is 0.168. The van der Waals surface area contributed by atoms with Gasteiger partial charge in [0.1, 0.15) is 0 Å². The van der Waals surface area contributed by atoms with Crippen molar-refractivity contribution in [1.82, 2.24) is 4.31 Å². The molecular formula is C10H21NO4S. The van der Waals surface area contributed by atoms with Gasteiger partial charge in [-0.3, -0.25) is 0 Å². The van der Waals surface area contributed by atoms with Crippen molar-refractivity contribution in [2.24, 2.45) is 0 Å². The molecule has 0 amide bonds. The molecule has 0 aromatic heterocycles. The van der Waals surface area contributed by atoms with E-state index in [1.165, 1.54) is 4.31 Å². The Bertz CT molecular complexity index is 285. The zero-order valence-corrected chi connectivity index (χ0v) is 10.6. The molecule has 0 atom stereocenters. The van der Waals surface area contributed by atoms with E-state index in [2.05, 4.69) is 0 Å². The summed E-state index contributed by atoms with van der Waals surface area (Å²) in [5.41, 5.74) is 0. The van der Waals surface area contributed by atoms with Gasteiger partial charge in [-0.05, 0) is 12.8 Å². The molecule has 0 unspecified atom stereocenters. The summed E-state index contributed by atoms with van der Waals surface area (Å²) in [6.45, 7) is 0.722. The fourth-order valence-electron chi connectivity index (χ4n) is 2.07. The predicted molar refractivity (Wildman–Crippen MR) is 61.7 cm³/mol. The number of methoxy groups -OCH3 is 1. The Morgan fingerprint density at radius 2 is 1.94 bits per heavy atom. The van der Waals surface area contributed by atoms with Gasteiger partial charge in [-0.1, -0.05) is 12.8 Å². The van der Waals surface area contributed by atoms with Gasteiger partial charge in [0.05, 0.1) is 18.5 Å². The van der Waals surface area contributed by atoms with Gasteiger partial charge in [0.2, 0.25) is 10.0 Å². The first-order valence-corrected chi connectivity index (χ1v) is 7.22. The molecule has 0 aromatic rings. The molecule has 6 heteroatoms. The first-order chi connectivity index (χ1) is 7.62. The standard InChI is InChI=1S/C10H21NO4S/c1-15-9-7-11(6-8-12)16(13,14)10-4-2-3-5-10/h10,12H,2-9H2,1H3. The summed E-state index contributed by atoms with van der Waals surface area (Å²) in [4.78, 5) is 0. The molecule has 0 saturated heterocycles. The van der Waals surface area contributed by atoms with Crippen LogP contribution in [0.3, 0.4) is 0 Å². The summed E-state index contributed by atoms with van der Waals surface area (Å²) in [7, 11) is -1.70. The van der Waals surface area contributed by atoms with Crippen LogP contribution in [0.25, 0.3) is 0 Å². The monoisotopic (exact) mass is 251 g/mol. The smallest absolute Gasteiger partial charge is 0.217 e. The predicted octanol–water partition coefficient (Wildman–Crippen LogP) is 0.200. The first-order valence-electron chi connectivity index (χ1n) is 5.71. The van der Waals surface area contributed by atoms with Gasteiger partial charge < -0.3 is 9.84 Å². The molecule has 1 N–H and O–H groups in total. The summed E-state index contributed by atoms with van der Waals surface area (Å²) in [6, 6.07) is 0. The van der Waals surface area contributed by atoms with Crippen LogP contribution in [0.2, 0.25) is 0 Å². The maximum Gasteiger partial charge on any atom is 0.217 e. The number of nitrogens with zero attached hydrogens (tertiary/aromatic N) is 1. The molecule has 0 heterocycles. The van der Waals surface area contributed by atoms with Crippen molar-refractivity contribution >= 4 is 10.0 Å². The van der Waals surface area contributed by atoms with Gasteiger partial charge in [0, 0.05) is 20.2 Å². The van der Waals surface area contributed by atoms with Crippen LogP contribution < -0.4 is 0 Å². The van der Waals surface area contributed by atoms with Crippen molar-refractivity contribution in [3.8, 4) is 0 Å². The molecule has 1 rings (SSSR count). The van der Waals surface area contributed by atoms with Gasteiger partial charge >= 0.3 is 0 Å². The molecule has 0 radical (unpaired) electrons. The highest BCUT2D eigenvalue weighted by molar-refractivity contribution is 7.89. The fourth-order valence-corrected chi connectivity index (χ4v) is 4.08. The Morgan fingerprint density at radius 3 is 2.44 bits per heavy atom. The highest BCUT2D eigenvalue weighted by Crippen LogP contribution is 2.26. The Balaban J connectivity index is 2.66. The van der Waals surface area contributed by atoms with Crippen molar-refractivity contribution in [2.45, 2.75) is 30.9 Å². The van der Waals surface area contributed by atoms with E-state index < -0.39 is 10.0 Å².